The monoisotopic (exact) mass is 522 g/mol. The topological polar surface area (TPSA) is 98.7 Å². The molecule has 6 heteroatoms. The minimum atomic E-state index is -1.46. The molecular weight excluding hydrogens is 488 g/mol. The largest absolute Gasteiger partial charge is 0.387 e. The number of rotatable bonds is 8. The number of amides is 2. The zero-order chi connectivity index (χ0) is 27.4. The Balaban J connectivity index is 1.29. The highest BCUT2D eigenvalue weighted by Crippen LogP contribution is 2.49. The lowest BCUT2D eigenvalue weighted by Crippen LogP contribution is -2.52. The lowest BCUT2D eigenvalue weighted by atomic mass is 9.87. The Labute approximate surface area is 228 Å². The Kier molecular flexibility index (Phi) is 6.01. The first-order valence-electron chi connectivity index (χ1n) is 13.6. The molecule has 4 aromatic carbocycles. The van der Waals surface area contributed by atoms with E-state index in [4.69, 9.17) is 0 Å². The maximum atomic E-state index is 13.8. The van der Waals surface area contributed by atoms with Gasteiger partial charge in [0.1, 0.15) is 5.41 Å². The van der Waals surface area contributed by atoms with Crippen LogP contribution in [0.15, 0.2) is 84.9 Å². The van der Waals surface area contributed by atoms with E-state index in [1.54, 1.807) is 13.8 Å². The summed E-state index contributed by atoms with van der Waals surface area (Å²) in [5.41, 5.74) is -1.90. The van der Waals surface area contributed by atoms with Crippen molar-refractivity contribution in [2.24, 2.45) is 5.41 Å². The molecule has 2 amide bonds. The van der Waals surface area contributed by atoms with Crippen LogP contribution in [-0.4, -0.2) is 33.2 Å². The van der Waals surface area contributed by atoms with E-state index in [1.807, 2.05) is 84.9 Å². The summed E-state index contributed by atoms with van der Waals surface area (Å²) in [6.07, 6.45) is 2.29. The van der Waals surface area contributed by atoms with Gasteiger partial charge in [0.25, 0.3) is 0 Å². The molecule has 4 aromatic rings. The number of fused-ring (bicyclic) bond motifs is 2. The van der Waals surface area contributed by atoms with Crippen molar-refractivity contribution < 1.29 is 19.8 Å². The standard InChI is InChI=1S/C33H34N2O4/c1-31(2,29(36)34-27(32(38)17-18-32)25-15-7-11-21-9-3-5-13-23(21)25)30(37)35-28(33(39)19-20-33)26-16-8-12-22-10-4-6-14-24(22)26/h3-16,27-28,38-39H,17-20H2,1-2H3,(H,34,36)(H,35,37). The van der Waals surface area contributed by atoms with Crippen molar-refractivity contribution in [1.29, 1.82) is 0 Å². The summed E-state index contributed by atoms with van der Waals surface area (Å²) in [6.45, 7) is 3.18. The lowest BCUT2D eigenvalue weighted by Gasteiger charge is -2.33. The fraction of sp³-hybridized carbons (Fsp3) is 0.333. The van der Waals surface area contributed by atoms with Gasteiger partial charge in [-0.3, -0.25) is 9.59 Å². The van der Waals surface area contributed by atoms with Crippen molar-refractivity contribution in [3.8, 4) is 0 Å². The third kappa shape index (κ3) is 4.58. The van der Waals surface area contributed by atoms with Crippen LogP contribution < -0.4 is 10.6 Å². The number of benzene rings is 4. The Morgan fingerprint density at radius 3 is 1.38 bits per heavy atom. The lowest BCUT2D eigenvalue weighted by molar-refractivity contribution is -0.143. The van der Waals surface area contributed by atoms with E-state index in [9.17, 15) is 19.8 Å². The van der Waals surface area contributed by atoms with Crippen molar-refractivity contribution in [2.45, 2.75) is 62.8 Å². The van der Waals surface area contributed by atoms with E-state index in [0.717, 1.165) is 32.7 Å². The first kappa shape index (κ1) is 25.5. The number of carbonyl (C=O) groups is 2. The highest BCUT2D eigenvalue weighted by Gasteiger charge is 2.53. The molecule has 2 saturated carbocycles. The molecule has 6 nitrogen and oxygen atoms in total. The van der Waals surface area contributed by atoms with E-state index in [0.29, 0.717) is 25.7 Å². The fourth-order valence-corrected chi connectivity index (χ4v) is 5.57. The number of carbonyl (C=O) groups excluding carboxylic acids is 2. The van der Waals surface area contributed by atoms with Gasteiger partial charge in [0.15, 0.2) is 0 Å². The van der Waals surface area contributed by atoms with Gasteiger partial charge < -0.3 is 20.8 Å². The van der Waals surface area contributed by atoms with Gasteiger partial charge in [-0.05, 0) is 72.2 Å². The molecule has 2 atom stereocenters. The quantitative estimate of drug-likeness (QED) is 0.243. The molecule has 200 valence electrons. The third-order valence-corrected chi connectivity index (χ3v) is 8.55. The average Bonchev–Trinajstić information content (AvgIpc) is 3.88. The van der Waals surface area contributed by atoms with Gasteiger partial charge in [-0.1, -0.05) is 84.9 Å². The summed E-state index contributed by atoms with van der Waals surface area (Å²) >= 11 is 0. The van der Waals surface area contributed by atoms with Crippen LogP contribution in [0.25, 0.3) is 21.5 Å². The van der Waals surface area contributed by atoms with Gasteiger partial charge in [-0.2, -0.15) is 0 Å². The third-order valence-electron chi connectivity index (χ3n) is 8.55. The molecule has 4 N–H and O–H groups in total. The second-order valence-corrected chi connectivity index (χ2v) is 11.8. The molecule has 2 unspecified atom stereocenters. The first-order chi connectivity index (χ1) is 18.6. The zero-order valence-corrected chi connectivity index (χ0v) is 22.3. The smallest absolute Gasteiger partial charge is 0.235 e. The number of nitrogens with one attached hydrogen (secondary N) is 2. The van der Waals surface area contributed by atoms with Gasteiger partial charge >= 0.3 is 0 Å². The van der Waals surface area contributed by atoms with Crippen LogP contribution in [0, 0.1) is 5.41 Å². The Morgan fingerprint density at radius 1 is 0.641 bits per heavy atom. The molecular formula is C33H34N2O4. The van der Waals surface area contributed by atoms with E-state index in [-0.39, 0.29) is 0 Å². The van der Waals surface area contributed by atoms with E-state index >= 15 is 0 Å². The number of hydrogen-bond donors (Lipinski definition) is 4. The van der Waals surface area contributed by atoms with Crippen molar-refractivity contribution >= 4 is 33.4 Å². The van der Waals surface area contributed by atoms with Crippen molar-refractivity contribution in [1.82, 2.24) is 10.6 Å². The van der Waals surface area contributed by atoms with Gasteiger partial charge in [0.2, 0.25) is 11.8 Å². The SMILES string of the molecule is CC(C)(C(=O)NC(c1cccc2ccccc12)C1(O)CC1)C(=O)NC(c1cccc2ccccc12)C1(O)CC1. The first-order valence-corrected chi connectivity index (χ1v) is 13.6. The molecule has 2 aliphatic carbocycles. The number of hydrogen-bond acceptors (Lipinski definition) is 4. The summed E-state index contributed by atoms with van der Waals surface area (Å²) in [6, 6.07) is 26.2. The molecule has 6 rings (SSSR count). The molecule has 2 fully saturated rings. The van der Waals surface area contributed by atoms with Crippen LogP contribution >= 0.6 is 0 Å². The molecule has 2 aliphatic rings. The van der Waals surface area contributed by atoms with Crippen molar-refractivity contribution in [2.75, 3.05) is 0 Å². The summed E-state index contributed by atoms with van der Waals surface area (Å²) in [4.78, 5) is 27.5. The molecule has 0 saturated heterocycles. The molecule has 0 radical (unpaired) electrons. The van der Waals surface area contributed by atoms with Crippen LogP contribution in [-0.2, 0) is 9.59 Å². The summed E-state index contributed by atoms with van der Waals surface area (Å²) in [5, 5.41) is 32.5. The average molecular weight is 523 g/mol. The van der Waals surface area contributed by atoms with Crippen LogP contribution in [0.2, 0.25) is 0 Å². The highest BCUT2D eigenvalue weighted by molar-refractivity contribution is 6.05. The zero-order valence-electron chi connectivity index (χ0n) is 22.3. The van der Waals surface area contributed by atoms with Crippen LogP contribution in [0.5, 0.6) is 0 Å². The molecule has 0 heterocycles. The van der Waals surface area contributed by atoms with E-state index in [1.165, 1.54) is 0 Å². The predicted molar refractivity (Wildman–Crippen MR) is 152 cm³/mol. The summed E-state index contributed by atoms with van der Waals surface area (Å²) in [7, 11) is 0. The Hall–Kier alpha value is -3.74. The maximum absolute atomic E-state index is 13.8. The van der Waals surface area contributed by atoms with Crippen LogP contribution in [0.1, 0.15) is 62.7 Å². The van der Waals surface area contributed by atoms with Crippen LogP contribution in [0.3, 0.4) is 0 Å². The predicted octanol–water partition coefficient (Wildman–Crippen LogP) is 5.08. The summed E-state index contributed by atoms with van der Waals surface area (Å²) < 4.78 is 0. The minimum Gasteiger partial charge on any atom is -0.387 e. The normalized spacial score (nSPS) is 18.8. The fourth-order valence-electron chi connectivity index (χ4n) is 5.57. The highest BCUT2D eigenvalue weighted by atomic mass is 16.3. The van der Waals surface area contributed by atoms with Gasteiger partial charge in [0.05, 0.1) is 23.3 Å². The minimum absolute atomic E-state index is 0.474. The van der Waals surface area contributed by atoms with Gasteiger partial charge in [-0.15, -0.1) is 0 Å². The number of aliphatic hydroxyl groups is 2. The molecule has 0 bridgehead atoms. The van der Waals surface area contributed by atoms with E-state index in [2.05, 4.69) is 10.6 Å². The van der Waals surface area contributed by atoms with Crippen LogP contribution in [0.4, 0.5) is 0 Å². The van der Waals surface area contributed by atoms with E-state index < -0.39 is 40.5 Å². The summed E-state index contributed by atoms with van der Waals surface area (Å²) in [5.74, 6) is -0.949. The van der Waals surface area contributed by atoms with Gasteiger partial charge in [-0.25, -0.2) is 0 Å². The molecule has 39 heavy (non-hydrogen) atoms. The maximum Gasteiger partial charge on any atom is 0.235 e. The Bertz CT molecular complexity index is 1460. The Morgan fingerprint density at radius 2 is 1.00 bits per heavy atom. The second kappa shape index (κ2) is 9.18. The second-order valence-electron chi connectivity index (χ2n) is 11.8. The van der Waals surface area contributed by atoms with Crippen molar-refractivity contribution in [3.05, 3.63) is 96.1 Å². The molecule has 0 spiro atoms. The van der Waals surface area contributed by atoms with Crippen molar-refractivity contribution in [3.63, 3.8) is 0 Å². The molecule has 0 aliphatic heterocycles. The molecule has 0 aromatic heterocycles. The van der Waals surface area contributed by atoms with Gasteiger partial charge in [0, 0.05) is 0 Å².